The molecule has 5 aromatic rings. The van der Waals surface area contributed by atoms with Gasteiger partial charge in [0.25, 0.3) is 0 Å². The molecule has 0 N–H and O–H groups in total. The van der Waals surface area contributed by atoms with E-state index in [0.29, 0.717) is 6.71 Å². The Bertz CT molecular complexity index is 1390. The smallest absolute Gasteiger partial charge is 0.212 e. The van der Waals surface area contributed by atoms with E-state index in [1.54, 1.807) is 5.20 Å². The molecule has 1 aliphatic carbocycles. The predicted molar refractivity (Wildman–Crippen MR) is 179 cm³/mol. The molecule has 0 unspecified atom stereocenters. The van der Waals surface area contributed by atoms with Crippen LogP contribution in [0, 0.1) is 0 Å². The molecule has 41 heavy (non-hydrogen) atoms. The van der Waals surface area contributed by atoms with Crippen molar-refractivity contribution in [3.05, 3.63) is 162 Å². The van der Waals surface area contributed by atoms with E-state index in [0.717, 1.165) is 18.7 Å². The van der Waals surface area contributed by atoms with Crippen molar-refractivity contribution in [2.24, 2.45) is 0 Å². The molecule has 1 aliphatic rings. The molecule has 1 heterocycles. The maximum atomic E-state index is 4.38. The zero-order valence-electron chi connectivity index (χ0n) is 24.4. The van der Waals surface area contributed by atoms with Crippen LogP contribution in [-0.2, 0) is 5.16 Å². The van der Waals surface area contributed by atoms with Crippen LogP contribution < -0.4 is 10.9 Å². The minimum atomic E-state index is -0.660. The van der Waals surface area contributed by atoms with Crippen molar-refractivity contribution >= 4 is 27.2 Å². The first-order chi connectivity index (χ1) is 20.3. The average Bonchev–Trinajstić information content (AvgIpc) is 3.72. The predicted octanol–water partition coefficient (Wildman–Crippen LogP) is 6.96. The van der Waals surface area contributed by atoms with Crippen LogP contribution in [0.15, 0.2) is 151 Å². The molecule has 1 aromatic heterocycles. The maximum absolute atomic E-state index is 4.38. The van der Waals surface area contributed by atoms with Crippen LogP contribution in [0.5, 0.6) is 0 Å². The number of nitrogens with zero attached hydrogens (tertiary/aromatic N) is 2. The van der Waals surface area contributed by atoms with Crippen molar-refractivity contribution < 1.29 is 0 Å². The summed E-state index contributed by atoms with van der Waals surface area (Å²) in [7, 11) is -0.660. The Hall–Kier alpha value is -3.89. The SMILES string of the molecule is CCC=C(CC)[SiH2]C(c1ccccc1)(c1ccccc1)n1ccnc1.c1ccc(B(c2ccccc2)C2CC2)cc1. The lowest BCUT2D eigenvalue weighted by molar-refractivity contribution is 0.594. The molecule has 2 nitrogen and oxygen atoms in total. The van der Waals surface area contributed by atoms with Crippen molar-refractivity contribution in [2.75, 3.05) is 0 Å². The van der Waals surface area contributed by atoms with Gasteiger partial charge in [-0.3, -0.25) is 0 Å². The largest absolute Gasteiger partial charge is 0.326 e. The molecule has 0 spiro atoms. The van der Waals surface area contributed by atoms with Crippen molar-refractivity contribution in [2.45, 2.75) is 50.5 Å². The lowest BCUT2D eigenvalue weighted by atomic mass is 9.37. The highest BCUT2D eigenvalue weighted by Gasteiger charge is 2.37. The van der Waals surface area contributed by atoms with Crippen molar-refractivity contribution in [1.82, 2.24) is 9.55 Å². The van der Waals surface area contributed by atoms with Gasteiger partial charge < -0.3 is 4.57 Å². The Balaban J connectivity index is 0.000000181. The first kappa shape index (κ1) is 28.6. The normalized spacial score (nSPS) is 13.6. The number of rotatable bonds is 10. The van der Waals surface area contributed by atoms with Gasteiger partial charge in [-0.2, -0.15) is 0 Å². The average molecular weight is 553 g/mol. The second-order valence-electron chi connectivity index (χ2n) is 11.0. The van der Waals surface area contributed by atoms with E-state index in [1.165, 1.54) is 34.9 Å². The molecule has 0 amide bonds. The van der Waals surface area contributed by atoms with E-state index in [-0.39, 0.29) is 5.16 Å². The Kier molecular flexibility index (Phi) is 9.88. The number of imidazole rings is 1. The van der Waals surface area contributed by atoms with Gasteiger partial charge in [-0.15, -0.1) is 0 Å². The van der Waals surface area contributed by atoms with E-state index in [4.69, 9.17) is 0 Å². The molecule has 4 heteroatoms. The minimum absolute atomic E-state index is 0.143. The first-order valence-electron chi connectivity index (χ1n) is 15.1. The van der Waals surface area contributed by atoms with Gasteiger partial charge in [0.05, 0.1) is 21.0 Å². The summed E-state index contributed by atoms with van der Waals surface area (Å²) in [4.78, 5) is 4.38. The van der Waals surface area contributed by atoms with Gasteiger partial charge >= 0.3 is 0 Å². The van der Waals surface area contributed by atoms with Crippen LogP contribution in [0.3, 0.4) is 0 Å². The lowest BCUT2D eigenvalue weighted by Gasteiger charge is -2.37. The molecule has 4 aromatic carbocycles. The molecule has 1 fully saturated rings. The molecule has 0 aliphatic heterocycles. The van der Waals surface area contributed by atoms with Crippen molar-refractivity contribution in [3.63, 3.8) is 0 Å². The van der Waals surface area contributed by atoms with Crippen LogP contribution in [0.1, 0.15) is 50.7 Å². The molecule has 0 radical (unpaired) electrons. The highest BCUT2D eigenvalue weighted by molar-refractivity contribution is 6.86. The van der Waals surface area contributed by atoms with Gasteiger partial charge in [-0.25, -0.2) is 4.98 Å². The van der Waals surface area contributed by atoms with E-state index in [1.807, 2.05) is 12.5 Å². The van der Waals surface area contributed by atoms with E-state index < -0.39 is 9.52 Å². The molecular formula is C37H41BN2Si. The van der Waals surface area contributed by atoms with E-state index in [2.05, 4.69) is 157 Å². The summed E-state index contributed by atoms with van der Waals surface area (Å²) in [5.74, 6) is 0.866. The van der Waals surface area contributed by atoms with Gasteiger partial charge in [0, 0.05) is 12.4 Å². The molecule has 0 atom stereocenters. The fourth-order valence-electron chi connectivity index (χ4n) is 6.12. The summed E-state index contributed by atoms with van der Waals surface area (Å²) < 4.78 is 2.32. The summed E-state index contributed by atoms with van der Waals surface area (Å²) in [6.07, 6.45) is 13.4. The Morgan fingerprint density at radius 2 is 1.27 bits per heavy atom. The van der Waals surface area contributed by atoms with Crippen LogP contribution in [-0.4, -0.2) is 25.8 Å². The van der Waals surface area contributed by atoms with Gasteiger partial charge in [0.2, 0.25) is 6.71 Å². The maximum Gasteiger partial charge on any atom is 0.212 e. The first-order valence-corrected chi connectivity index (χ1v) is 16.5. The number of benzene rings is 4. The minimum Gasteiger partial charge on any atom is -0.326 e. The van der Waals surface area contributed by atoms with Crippen molar-refractivity contribution in [3.8, 4) is 0 Å². The van der Waals surface area contributed by atoms with Crippen LogP contribution in [0.25, 0.3) is 0 Å². The molecule has 6 rings (SSSR count). The second-order valence-corrected chi connectivity index (χ2v) is 13.3. The van der Waals surface area contributed by atoms with E-state index >= 15 is 0 Å². The Morgan fingerprint density at radius 1 is 0.780 bits per heavy atom. The molecule has 1 saturated carbocycles. The third kappa shape index (κ3) is 6.89. The highest BCUT2D eigenvalue weighted by atomic mass is 28.2. The number of allylic oxidation sites excluding steroid dienone is 2. The molecular weight excluding hydrogens is 511 g/mol. The Labute approximate surface area is 249 Å². The van der Waals surface area contributed by atoms with Gasteiger partial charge in [-0.05, 0) is 24.0 Å². The number of hydrogen-bond acceptors (Lipinski definition) is 1. The topological polar surface area (TPSA) is 17.8 Å². The quantitative estimate of drug-likeness (QED) is 0.171. The second kappa shape index (κ2) is 14.1. The lowest BCUT2D eigenvalue weighted by Crippen LogP contribution is -2.42. The third-order valence-electron chi connectivity index (χ3n) is 8.29. The monoisotopic (exact) mass is 552 g/mol. The zero-order chi connectivity index (χ0) is 28.3. The van der Waals surface area contributed by atoms with Crippen LogP contribution >= 0.6 is 0 Å². The third-order valence-corrected chi connectivity index (χ3v) is 11.2. The van der Waals surface area contributed by atoms with E-state index in [9.17, 15) is 0 Å². The molecule has 0 saturated heterocycles. The molecule has 0 bridgehead atoms. The summed E-state index contributed by atoms with van der Waals surface area (Å²) in [6.45, 7) is 5.12. The fraction of sp³-hybridized carbons (Fsp3) is 0.216. The van der Waals surface area contributed by atoms with Crippen molar-refractivity contribution in [1.29, 1.82) is 0 Å². The van der Waals surface area contributed by atoms with Crippen LogP contribution in [0.2, 0.25) is 5.82 Å². The standard InChI is InChI=1S/C22H26N2Si.C15H15B/c1-3-11-21(4-2)25-22(24-17-16-23-18-24,19-12-7-5-8-13-19)20-14-9-6-10-15-20;1-3-7-13(8-4-1)16(15-11-12-15)14-9-5-2-6-10-14/h5-18H,3-4,25H2,1-2H3;1-10,15H,11-12H2. The van der Waals surface area contributed by atoms with Gasteiger partial charge in [-0.1, -0.05) is 176 Å². The molecule has 206 valence electrons. The van der Waals surface area contributed by atoms with Crippen LogP contribution in [0.4, 0.5) is 0 Å². The number of hydrogen-bond donors (Lipinski definition) is 0. The summed E-state index contributed by atoms with van der Waals surface area (Å²) in [5, 5.41) is 1.47. The van der Waals surface area contributed by atoms with Gasteiger partial charge in [0.1, 0.15) is 0 Å². The summed E-state index contributed by atoms with van der Waals surface area (Å²) >= 11 is 0. The zero-order valence-corrected chi connectivity index (χ0v) is 25.9. The number of aromatic nitrogens is 2. The Morgan fingerprint density at radius 3 is 1.66 bits per heavy atom. The highest BCUT2D eigenvalue weighted by Crippen LogP contribution is 2.39. The fourth-order valence-corrected chi connectivity index (χ4v) is 8.71. The summed E-state index contributed by atoms with van der Waals surface area (Å²) in [6, 6.07) is 43.6. The van der Waals surface area contributed by atoms with Gasteiger partial charge in [0.15, 0.2) is 0 Å². The summed E-state index contributed by atoms with van der Waals surface area (Å²) in [5.41, 5.74) is 5.63.